The molecule has 156 valence electrons. The van der Waals surface area contributed by atoms with Gasteiger partial charge in [-0.2, -0.15) is 0 Å². The van der Waals surface area contributed by atoms with Gasteiger partial charge in [-0.25, -0.2) is 4.79 Å². The molecule has 0 radical (unpaired) electrons. The van der Waals surface area contributed by atoms with Crippen LogP contribution in [-0.4, -0.2) is 47.5 Å². The number of hydrogen-bond acceptors (Lipinski definition) is 4. The van der Waals surface area contributed by atoms with Crippen molar-refractivity contribution in [1.29, 1.82) is 0 Å². The van der Waals surface area contributed by atoms with Crippen LogP contribution >= 0.6 is 0 Å². The summed E-state index contributed by atoms with van der Waals surface area (Å²) in [5, 5.41) is 10.3. The zero-order valence-electron chi connectivity index (χ0n) is 17.5. The molecule has 5 nitrogen and oxygen atoms in total. The monoisotopic (exact) mass is 389 g/mol. The number of rotatable bonds is 7. The zero-order chi connectivity index (χ0) is 20.1. The van der Waals surface area contributed by atoms with E-state index in [0.29, 0.717) is 31.0 Å². The predicted molar refractivity (Wildman–Crippen MR) is 109 cm³/mol. The molecule has 3 atom stereocenters. The van der Waals surface area contributed by atoms with E-state index in [9.17, 15) is 9.90 Å². The highest BCUT2D eigenvalue weighted by molar-refractivity contribution is 5.68. The van der Waals surface area contributed by atoms with Crippen molar-refractivity contribution in [3.63, 3.8) is 0 Å². The van der Waals surface area contributed by atoms with E-state index in [1.165, 1.54) is 6.42 Å². The van der Waals surface area contributed by atoms with Crippen LogP contribution in [0, 0.1) is 17.8 Å². The number of carbonyl (C=O) groups is 1. The van der Waals surface area contributed by atoms with E-state index < -0.39 is 5.60 Å². The highest BCUT2D eigenvalue weighted by Crippen LogP contribution is 2.50. The van der Waals surface area contributed by atoms with Gasteiger partial charge in [-0.05, 0) is 69.8 Å². The zero-order valence-corrected chi connectivity index (χ0v) is 17.5. The summed E-state index contributed by atoms with van der Waals surface area (Å²) in [7, 11) is 0. The van der Waals surface area contributed by atoms with Gasteiger partial charge in [-0.1, -0.05) is 30.3 Å². The second-order valence-electron chi connectivity index (χ2n) is 9.35. The molecule has 0 spiro atoms. The van der Waals surface area contributed by atoms with Gasteiger partial charge in [-0.3, -0.25) is 0 Å². The number of aliphatic hydroxyl groups excluding tert-OH is 1. The van der Waals surface area contributed by atoms with E-state index in [-0.39, 0.29) is 12.2 Å². The van der Waals surface area contributed by atoms with Gasteiger partial charge in [0, 0.05) is 13.1 Å². The number of likely N-dealkylation sites (tertiary alicyclic amines) is 1. The Kier molecular flexibility index (Phi) is 7.00. The maximum atomic E-state index is 12.2. The Morgan fingerprint density at radius 3 is 2.54 bits per heavy atom. The molecule has 2 aliphatic rings. The Labute approximate surface area is 169 Å². The molecule has 1 amide bonds. The Morgan fingerprint density at radius 1 is 1.21 bits per heavy atom. The number of piperidine rings is 1. The molecule has 1 heterocycles. The van der Waals surface area contributed by atoms with Crippen LogP contribution in [0.3, 0.4) is 0 Å². The average molecular weight is 390 g/mol. The van der Waals surface area contributed by atoms with Crippen molar-refractivity contribution in [2.24, 2.45) is 17.8 Å². The van der Waals surface area contributed by atoms with Gasteiger partial charge in [0.1, 0.15) is 5.60 Å². The van der Waals surface area contributed by atoms with Gasteiger partial charge in [0.2, 0.25) is 0 Å². The molecule has 1 aromatic carbocycles. The van der Waals surface area contributed by atoms with Crippen molar-refractivity contribution in [2.75, 3.05) is 19.7 Å². The number of aliphatic hydroxyl groups is 1. The van der Waals surface area contributed by atoms with Crippen molar-refractivity contribution in [2.45, 2.75) is 64.8 Å². The fraction of sp³-hybridized carbons (Fsp3) is 0.696. The number of carbonyl (C=O) groups excluding carboxylic acids is 1. The van der Waals surface area contributed by atoms with Crippen LogP contribution in [0.2, 0.25) is 0 Å². The van der Waals surface area contributed by atoms with Gasteiger partial charge in [0.25, 0.3) is 0 Å². The summed E-state index contributed by atoms with van der Waals surface area (Å²) >= 11 is 0. The van der Waals surface area contributed by atoms with E-state index in [0.717, 1.165) is 37.9 Å². The van der Waals surface area contributed by atoms with Gasteiger partial charge in [0.15, 0.2) is 0 Å². The Morgan fingerprint density at radius 2 is 1.89 bits per heavy atom. The molecule has 1 N–H and O–H groups in total. The summed E-state index contributed by atoms with van der Waals surface area (Å²) in [6.07, 6.45) is 3.53. The number of nitrogens with zero attached hydrogens (tertiary/aromatic N) is 1. The summed E-state index contributed by atoms with van der Waals surface area (Å²) in [6, 6.07) is 10.1. The number of hydrogen-bond donors (Lipinski definition) is 1. The first-order chi connectivity index (χ1) is 13.3. The molecule has 3 rings (SSSR count). The van der Waals surface area contributed by atoms with Gasteiger partial charge < -0.3 is 19.5 Å². The van der Waals surface area contributed by atoms with E-state index in [1.54, 1.807) is 0 Å². The van der Waals surface area contributed by atoms with Crippen molar-refractivity contribution in [3.8, 4) is 0 Å². The first-order valence-electron chi connectivity index (χ1n) is 10.6. The van der Waals surface area contributed by atoms with Crippen LogP contribution in [0.4, 0.5) is 4.79 Å². The summed E-state index contributed by atoms with van der Waals surface area (Å²) in [6.45, 7) is 8.23. The third-order valence-corrected chi connectivity index (χ3v) is 5.77. The third-order valence-electron chi connectivity index (χ3n) is 5.77. The van der Waals surface area contributed by atoms with Crippen LogP contribution in [-0.2, 0) is 16.1 Å². The molecular weight excluding hydrogens is 354 g/mol. The van der Waals surface area contributed by atoms with Gasteiger partial charge in [-0.15, -0.1) is 0 Å². The largest absolute Gasteiger partial charge is 0.444 e. The standard InChI is InChI=1S/C23H35NO4/c1-23(2,3)28-22(26)24-11-9-18(10-12-24)21-14-19(21)13-20(25)16-27-15-17-7-5-4-6-8-17/h4-8,18-21,25H,9-16H2,1-3H3/t19-,20-,21?/m1/s1. The summed E-state index contributed by atoms with van der Waals surface area (Å²) in [5.74, 6) is 1.97. The van der Waals surface area contributed by atoms with Crippen LogP contribution in [0.15, 0.2) is 30.3 Å². The molecule has 5 heteroatoms. The lowest BCUT2D eigenvalue weighted by Crippen LogP contribution is -2.42. The average Bonchev–Trinajstić information content (AvgIpc) is 3.40. The third kappa shape index (κ3) is 6.49. The maximum absolute atomic E-state index is 12.2. The Hall–Kier alpha value is -1.59. The molecule has 28 heavy (non-hydrogen) atoms. The quantitative estimate of drug-likeness (QED) is 0.758. The molecule has 1 unspecified atom stereocenters. The van der Waals surface area contributed by atoms with Crippen LogP contribution in [0.25, 0.3) is 0 Å². The normalized spacial score (nSPS) is 24.1. The highest BCUT2D eigenvalue weighted by atomic mass is 16.6. The van der Waals surface area contributed by atoms with Crippen LogP contribution in [0.1, 0.15) is 52.0 Å². The summed E-state index contributed by atoms with van der Waals surface area (Å²) in [4.78, 5) is 14.0. The fourth-order valence-electron chi connectivity index (χ4n) is 4.26. The van der Waals surface area contributed by atoms with E-state index in [4.69, 9.17) is 9.47 Å². The van der Waals surface area contributed by atoms with Crippen LogP contribution < -0.4 is 0 Å². The molecule has 1 aromatic rings. The molecule has 1 saturated heterocycles. The topological polar surface area (TPSA) is 59.0 Å². The Bertz CT molecular complexity index is 619. The lowest BCUT2D eigenvalue weighted by Gasteiger charge is -2.33. The summed E-state index contributed by atoms with van der Waals surface area (Å²) < 4.78 is 11.1. The Balaban J connectivity index is 1.31. The van der Waals surface area contributed by atoms with Crippen molar-refractivity contribution < 1.29 is 19.4 Å². The minimum atomic E-state index is -0.436. The van der Waals surface area contributed by atoms with E-state index in [1.807, 2.05) is 56.0 Å². The van der Waals surface area contributed by atoms with Crippen molar-refractivity contribution in [1.82, 2.24) is 4.90 Å². The molecule has 1 aliphatic heterocycles. The first-order valence-corrected chi connectivity index (χ1v) is 10.6. The maximum Gasteiger partial charge on any atom is 0.410 e. The fourth-order valence-corrected chi connectivity index (χ4v) is 4.26. The molecule has 1 saturated carbocycles. The minimum Gasteiger partial charge on any atom is -0.444 e. The second-order valence-corrected chi connectivity index (χ2v) is 9.35. The van der Waals surface area contributed by atoms with Crippen LogP contribution in [0.5, 0.6) is 0 Å². The van der Waals surface area contributed by atoms with E-state index in [2.05, 4.69) is 0 Å². The molecule has 0 aromatic heterocycles. The number of amides is 1. The highest BCUT2D eigenvalue weighted by Gasteiger charge is 2.44. The smallest absolute Gasteiger partial charge is 0.410 e. The number of benzene rings is 1. The molecule has 2 fully saturated rings. The lowest BCUT2D eigenvalue weighted by molar-refractivity contribution is 0.0155. The minimum absolute atomic E-state index is 0.190. The predicted octanol–water partition coefficient (Wildman–Crippen LogP) is 4.24. The number of ether oxygens (including phenoxy) is 2. The SMILES string of the molecule is CC(C)(C)OC(=O)N1CCC(C2C[C@H]2C[C@@H](O)COCc2ccccc2)CC1. The molecule has 1 aliphatic carbocycles. The summed E-state index contributed by atoms with van der Waals surface area (Å²) in [5.41, 5.74) is 0.699. The van der Waals surface area contributed by atoms with E-state index >= 15 is 0 Å². The molecular formula is C23H35NO4. The lowest BCUT2D eigenvalue weighted by atomic mass is 9.90. The van der Waals surface area contributed by atoms with Gasteiger partial charge >= 0.3 is 6.09 Å². The van der Waals surface area contributed by atoms with Crippen molar-refractivity contribution >= 4 is 6.09 Å². The molecule has 0 bridgehead atoms. The first kappa shape index (κ1) is 21.1. The second kappa shape index (κ2) is 9.27. The van der Waals surface area contributed by atoms with Gasteiger partial charge in [0.05, 0.1) is 19.3 Å². The van der Waals surface area contributed by atoms with Crippen molar-refractivity contribution in [3.05, 3.63) is 35.9 Å².